The molecule has 0 spiro atoms. The Labute approximate surface area is 116 Å². The van der Waals surface area contributed by atoms with Gasteiger partial charge in [-0.25, -0.2) is 4.79 Å². The molecule has 0 aliphatic rings. The minimum absolute atomic E-state index is 0.145. The van der Waals surface area contributed by atoms with Crippen LogP contribution < -0.4 is 4.90 Å². The third kappa shape index (κ3) is 3.03. The Bertz CT molecular complexity index is 592. The highest BCUT2D eigenvalue weighted by Crippen LogP contribution is 2.31. The molecule has 1 unspecified atom stereocenters. The summed E-state index contributed by atoms with van der Waals surface area (Å²) in [5.74, 6) is -1.23. The van der Waals surface area contributed by atoms with E-state index in [4.69, 9.17) is 10.4 Å². The first-order chi connectivity index (χ1) is 9.29. The van der Waals surface area contributed by atoms with Gasteiger partial charge in [-0.05, 0) is 19.9 Å². The molecular weight excluding hydrogens is 262 g/mol. The molecular formula is C13H15N3O4. The number of benzene rings is 1. The molecule has 106 valence electrons. The van der Waals surface area contributed by atoms with Crippen molar-refractivity contribution in [3.05, 3.63) is 33.4 Å². The lowest BCUT2D eigenvalue weighted by Crippen LogP contribution is -2.29. The van der Waals surface area contributed by atoms with Crippen molar-refractivity contribution >= 4 is 17.3 Å². The molecule has 0 amide bonds. The highest BCUT2D eigenvalue weighted by Gasteiger charge is 2.22. The van der Waals surface area contributed by atoms with Crippen molar-refractivity contribution in [1.82, 2.24) is 0 Å². The lowest BCUT2D eigenvalue weighted by molar-refractivity contribution is -0.385. The minimum Gasteiger partial charge on any atom is -0.478 e. The van der Waals surface area contributed by atoms with Crippen LogP contribution in [0.4, 0.5) is 11.4 Å². The Hall–Kier alpha value is -2.62. The summed E-state index contributed by atoms with van der Waals surface area (Å²) >= 11 is 0. The molecule has 0 fully saturated rings. The lowest BCUT2D eigenvalue weighted by atomic mass is 10.0. The number of anilines is 1. The van der Waals surface area contributed by atoms with Crippen molar-refractivity contribution in [3.8, 4) is 6.07 Å². The van der Waals surface area contributed by atoms with Crippen molar-refractivity contribution in [2.24, 2.45) is 0 Å². The van der Waals surface area contributed by atoms with Crippen LogP contribution in [0.5, 0.6) is 0 Å². The molecule has 0 aliphatic carbocycles. The van der Waals surface area contributed by atoms with E-state index >= 15 is 0 Å². The number of rotatable bonds is 5. The quantitative estimate of drug-likeness (QED) is 0.653. The van der Waals surface area contributed by atoms with Crippen LogP contribution in [0.2, 0.25) is 0 Å². The Morgan fingerprint density at radius 1 is 1.60 bits per heavy atom. The molecule has 1 aromatic rings. The number of nitriles is 1. The fourth-order valence-corrected chi connectivity index (χ4v) is 1.87. The lowest BCUT2D eigenvalue weighted by Gasteiger charge is -2.27. The standard InChI is InChI=1S/C13H15N3O4/c1-8(4-5-14)15(3)11-6-10(13(17)18)7-12(9(11)2)16(19)20/h6-8H,4H2,1-3H3,(H,17,18). The molecule has 0 aliphatic heterocycles. The average Bonchev–Trinajstić information content (AvgIpc) is 2.37. The molecule has 1 rings (SSSR count). The van der Waals surface area contributed by atoms with E-state index in [0.717, 1.165) is 6.07 Å². The second-order valence-corrected chi connectivity index (χ2v) is 4.52. The van der Waals surface area contributed by atoms with Gasteiger partial charge in [-0.2, -0.15) is 5.26 Å². The van der Waals surface area contributed by atoms with Crippen molar-refractivity contribution in [3.63, 3.8) is 0 Å². The van der Waals surface area contributed by atoms with E-state index in [1.54, 1.807) is 25.8 Å². The largest absolute Gasteiger partial charge is 0.478 e. The van der Waals surface area contributed by atoms with Gasteiger partial charge in [0.05, 0.1) is 28.5 Å². The maximum Gasteiger partial charge on any atom is 0.336 e. The predicted molar refractivity (Wildman–Crippen MR) is 72.9 cm³/mol. The van der Waals surface area contributed by atoms with Gasteiger partial charge < -0.3 is 10.0 Å². The molecule has 7 nitrogen and oxygen atoms in total. The summed E-state index contributed by atoms with van der Waals surface area (Å²) in [5, 5.41) is 28.8. The summed E-state index contributed by atoms with van der Waals surface area (Å²) in [4.78, 5) is 23.1. The molecule has 20 heavy (non-hydrogen) atoms. The summed E-state index contributed by atoms with van der Waals surface area (Å²) in [5.41, 5.74) is 0.441. The number of carboxylic acids is 1. The first kappa shape index (κ1) is 15.4. The first-order valence-electron chi connectivity index (χ1n) is 5.91. The fourth-order valence-electron chi connectivity index (χ4n) is 1.87. The van der Waals surface area contributed by atoms with Gasteiger partial charge in [0.2, 0.25) is 0 Å². The van der Waals surface area contributed by atoms with Crippen molar-refractivity contribution in [2.75, 3.05) is 11.9 Å². The number of nitro groups is 1. The topological polar surface area (TPSA) is 107 Å². The van der Waals surface area contributed by atoms with Crippen molar-refractivity contribution < 1.29 is 14.8 Å². The zero-order valence-electron chi connectivity index (χ0n) is 11.5. The van der Waals surface area contributed by atoms with E-state index in [0.29, 0.717) is 11.3 Å². The summed E-state index contributed by atoms with van der Waals surface area (Å²) in [7, 11) is 1.68. The van der Waals surface area contributed by atoms with E-state index in [-0.39, 0.29) is 23.7 Å². The van der Waals surface area contributed by atoms with Crippen molar-refractivity contribution in [1.29, 1.82) is 5.26 Å². The Morgan fingerprint density at radius 2 is 2.20 bits per heavy atom. The Morgan fingerprint density at radius 3 is 2.65 bits per heavy atom. The van der Waals surface area contributed by atoms with Gasteiger partial charge >= 0.3 is 5.97 Å². The molecule has 1 aromatic carbocycles. The van der Waals surface area contributed by atoms with Crippen LogP contribution >= 0.6 is 0 Å². The van der Waals surface area contributed by atoms with Crippen LogP contribution in [0.15, 0.2) is 12.1 Å². The van der Waals surface area contributed by atoms with Crippen LogP contribution in [0, 0.1) is 28.4 Å². The van der Waals surface area contributed by atoms with E-state index in [9.17, 15) is 14.9 Å². The number of nitrogens with zero attached hydrogens (tertiary/aromatic N) is 3. The maximum atomic E-state index is 11.1. The smallest absolute Gasteiger partial charge is 0.336 e. The van der Waals surface area contributed by atoms with Crippen LogP contribution in [-0.2, 0) is 0 Å². The highest BCUT2D eigenvalue weighted by atomic mass is 16.6. The molecule has 0 heterocycles. The van der Waals surface area contributed by atoms with E-state index in [1.165, 1.54) is 6.07 Å². The van der Waals surface area contributed by atoms with Crippen LogP contribution in [0.1, 0.15) is 29.3 Å². The second kappa shape index (κ2) is 6.02. The third-order valence-corrected chi connectivity index (χ3v) is 3.22. The Kier molecular flexibility index (Phi) is 4.64. The van der Waals surface area contributed by atoms with E-state index < -0.39 is 10.9 Å². The molecule has 0 aromatic heterocycles. The third-order valence-electron chi connectivity index (χ3n) is 3.22. The molecule has 0 radical (unpaired) electrons. The molecule has 1 atom stereocenters. The Balaban J connectivity index is 3.41. The van der Waals surface area contributed by atoms with Gasteiger partial charge in [-0.3, -0.25) is 10.1 Å². The summed E-state index contributed by atoms with van der Waals surface area (Å²) in [6.07, 6.45) is 0.237. The highest BCUT2D eigenvalue weighted by molar-refractivity contribution is 5.90. The number of carbonyl (C=O) groups is 1. The molecule has 7 heteroatoms. The monoisotopic (exact) mass is 277 g/mol. The molecule has 0 saturated heterocycles. The van der Waals surface area contributed by atoms with Gasteiger partial charge in [0, 0.05) is 24.8 Å². The zero-order valence-corrected chi connectivity index (χ0v) is 11.5. The summed E-state index contributed by atoms with van der Waals surface area (Å²) in [6.45, 7) is 3.36. The second-order valence-electron chi connectivity index (χ2n) is 4.52. The minimum atomic E-state index is -1.23. The van der Waals surface area contributed by atoms with Crippen LogP contribution in [0.3, 0.4) is 0 Å². The summed E-state index contributed by atoms with van der Waals surface area (Å²) in [6, 6.07) is 4.28. The predicted octanol–water partition coefficient (Wildman–Crippen LogP) is 2.34. The summed E-state index contributed by atoms with van der Waals surface area (Å²) < 4.78 is 0. The van der Waals surface area contributed by atoms with Crippen LogP contribution in [-0.4, -0.2) is 29.1 Å². The fraction of sp³-hybridized carbons (Fsp3) is 0.385. The number of carboxylic acid groups (broad SMARTS) is 1. The average molecular weight is 277 g/mol. The number of hydrogen-bond acceptors (Lipinski definition) is 5. The van der Waals surface area contributed by atoms with Gasteiger partial charge in [0.1, 0.15) is 0 Å². The molecule has 0 saturated carbocycles. The number of aromatic carboxylic acids is 1. The first-order valence-corrected chi connectivity index (χ1v) is 5.91. The van der Waals surface area contributed by atoms with Gasteiger partial charge in [0.25, 0.3) is 5.69 Å². The number of nitro benzene ring substituents is 1. The molecule has 1 N–H and O–H groups in total. The normalized spacial score (nSPS) is 11.5. The van der Waals surface area contributed by atoms with E-state index in [2.05, 4.69) is 0 Å². The number of hydrogen-bond donors (Lipinski definition) is 1. The van der Waals surface area contributed by atoms with Crippen molar-refractivity contribution in [2.45, 2.75) is 26.3 Å². The maximum absolute atomic E-state index is 11.1. The van der Waals surface area contributed by atoms with E-state index in [1.807, 2.05) is 6.07 Å². The van der Waals surface area contributed by atoms with Gasteiger partial charge in [-0.15, -0.1) is 0 Å². The van der Waals surface area contributed by atoms with Gasteiger partial charge in [0.15, 0.2) is 0 Å². The zero-order chi connectivity index (χ0) is 15.4. The molecule has 0 bridgehead atoms. The van der Waals surface area contributed by atoms with Gasteiger partial charge in [-0.1, -0.05) is 0 Å². The van der Waals surface area contributed by atoms with Crippen LogP contribution in [0.25, 0.3) is 0 Å². The SMILES string of the molecule is Cc1c(N(C)C(C)CC#N)cc(C(=O)O)cc1[N+](=O)[O-].